The van der Waals surface area contributed by atoms with E-state index in [1.165, 1.54) is 0 Å². The Labute approximate surface area is 203 Å². The van der Waals surface area contributed by atoms with Crippen LogP contribution in [0.3, 0.4) is 0 Å². The maximum atomic E-state index is 6.34. The molecule has 4 rings (SSSR count). The van der Waals surface area contributed by atoms with Crippen molar-refractivity contribution in [2.45, 2.75) is 44.6 Å². The Balaban J connectivity index is 0.00000289. The zero-order chi connectivity index (χ0) is 21.1. The second kappa shape index (κ2) is 13.6. The monoisotopic (exact) mass is 424 g/mol. The first-order valence-electron chi connectivity index (χ1n) is 10.8. The van der Waals surface area contributed by atoms with Gasteiger partial charge in [0, 0.05) is 0 Å². The Morgan fingerprint density at radius 2 is 1.19 bits per heavy atom. The fourth-order valence-corrected chi connectivity index (χ4v) is 3.65. The van der Waals surface area contributed by atoms with Crippen LogP contribution in [0, 0.1) is 6.61 Å². The summed E-state index contributed by atoms with van der Waals surface area (Å²) in [5.74, 6) is 0. The molecule has 0 saturated carbocycles. The van der Waals surface area contributed by atoms with Gasteiger partial charge in [-0.05, 0) is 16.7 Å². The summed E-state index contributed by atoms with van der Waals surface area (Å²) in [5.41, 5.74) is 3.41. The van der Waals surface area contributed by atoms with Crippen LogP contribution in [0.15, 0.2) is 91.0 Å². The normalized spacial score (nSPS) is 20.4. The molecule has 0 aliphatic carbocycles. The summed E-state index contributed by atoms with van der Waals surface area (Å²) >= 11 is 0. The third-order valence-electron chi connectivity index (χ3n) is 5.32. The van der Waals surface area contributed by atoms with E-state index in [2.05, 4.69) is 36.4 Å². The Bertz CT molecular complexity index is 876. The summed E-state index contributed by atoms with van der Waals surface area (Å²) in [4.78, 5) is 0. The molecule has 4 nitrogen and oxygen atoms in total. The van der Waals surface area contributed by atoms with Crippen LogP contribution in [0.5, 0.6) is 0 Å². The van der Waals surface area contributed by atoms with Gasteiger partial charge in [0.1, 0.15) is 6.10 Å². The van der Waals surface area contributed by atoms with Crippen LogP contribution in [0.4, 0.5) is 0 Å². The molecule has 0 bridgehead atoms. The zero-order valence-electron chi connectivity index (χ0n) is 18.6. The van der Waals surface area contributed by atoms with Crippen molar-refractivity contribution in [3.8, 4) is 0 Å². The summed E-state index contributed by atoms with van der Waals surface area (Å²) in [6.07, 6.45) is 0.149. The van der Waals surface area contributed by atoms with E-state index in [9.17, 15) is 0 Å². The third-order valence-corrected chi connectivity index (χ3v) is 5.32. The molecule has 3 aromatic rings. The molecule has 1 saturated heterocycles. The van der Waals surface area contributed by atoms with Gasteiger partial charge < -0.3 is 18.9 Å². The maximum Gasteiger partial charge on any atom is 1.00 e. The standard InChI is InChI=1S/C27H29O4.Li/c1-4-10-22(11-5-1)18-28-21-26-27(31-20-24-14-8-3-9-15-24)25(16-17-29-26)30-19-23-12-6-2-7-13-23;/h1-15,17,25-27H,16,18-21H2;/q-1;+1/t25-,26+,27-;/m0./s1. The predicted molar refractivity (Wildman–Crippen MR) is 120 cm³/mol. The van der Waals surface area contributed by atoms with Crippen molar-refractivity contribution in [3.63, 3.8) is 0 Å². The van der Waals surface area contributed by atoms with Gasteiger partial charge in [0.2, 0.25) is 0 Å². The van der Waals surface area contributed by atoms with Crippen LogP contribution in [-0.2, 0) is 38.8 Å². The first-order chi connectivity index (χ1) is 15.4. The second-order valence-electron chi connectivity index (χ2n) is 7.67. The molecular weight excluding hydrogens is 395 g/mol. The average Bonchev–Trinajstić information content (AvgIpc) is 2.84. The van der Waals surface area contributed by atoms with Gasteiger partial charge >= 0.3 is 18.9 Å². The Morgan fingerprint density at radius 3 is 1.75 bits per heavy atom. The molecule has 5 heteroatoms. The molecule has 0 aromatic heterocycles. The average molecular weight is 424 g/mol. The van der Waals surface area contributed by atoms with Crippen LogP contribution >= 0.6 is 0 Å². The molecule has 1 aliphatic rings. The molecule has 3 atom stereocenters. The van der Waals surface area contributed by atoms with Gasteiger partial charge in [-0.15, -0.1) is 6.42 Å². The number of ether oxygens (including phenoxy) is 4. The van der Waals surface area contributed by atoms with Gasteiger partial charge in [-0.25, -0.2) is 6.61 Å². The minimum Gasteiger partial charge on any atom is -0.546 e. The predicted octanol–water partition coefficient (Wildman–Crippen LogP) is 2.33. The maximum absolute atomic E-state index is 6.34. The molecule has 1 aliphatic heterocycles. The zero-order valence-corrected chi connectivity index (χ0v) is 18.6. The van der Waals surface area contributed by atoms with Crippen molar-refractivity contribution < 1.29 is 37.8 Å². The van der Waals surface area contributed by atoms with Crippen LogP contribution in [0.1, 0.15) is 23.1 Å². The van der Waals surface area contributed by atoms with E-state index < -0.39 is 0 Å². The van der Waals surface area contributed by atoms with Crippen molar-refractivity contribution >= 4 is 0 Å². The number of hydrogen-bond donors (Lipinski definition) is 0. The van der Waals surface area contributed by atoms with Crippen molar-refractivity contribution in [3.05, 3.63) is 114 Å². The molecular formula is C27H29LiO4. The van der Waals surface area contributed by atoms with Crippen molar-refractivity contribution in [2.24, 2.45) is 0 Å². The number of hydrogen-bond acceptors (Lipinski definition) is 4. The van der Waals surface area contributed by atoms with E-state index in [1.807, 2.05) is 61.2 Å². The first kappa shape index (κ1) is 24.7. The van der Waals surface area contributed by atoms with Gasteiger partial charge in [0.05, 0.1) is 38.6 Å². The summed E-state index contributed by atoms with van der Waals surface area (Å²) in [7, 11) is 0. The number of benzene rings is 3. The first-order valence-corrected chi connectivity index (χ1v) is 10.8. The van der Waals surface area contributed by atoms with E-state index >= 15 is 0 Å². The molecule has 1 heterocycles. The van der Waals surface area contributed by atoms with Crippen LogP contribution in [0.25, 0.3) is 0 Å². The Morgan fingerprint density at radius 1 is 0.688 bits per heavy atom. The molecule has 0 unspecified atom stereocenters. The minimum absolute atomic E-state index is 0. The van der Waals surface area contributed by atoms with E-state index in [4.69, 9.17) is 18.9 Å². The fraction of sp³-hybridized carbons (Fsp3) is 0.296. The summed E-state index contributed by atoms with van der Waals surface area (Å²) in [5, 5.41) is 0. The van der Waals surface area contributed by atoms with E-state index in [0.717, 1.165) is 16.7 Å². The van der Waals surface area contributed by atoms with E-state index in [0.29, 0.717) is 32.8 Å². The Hall–Kier alpha value is -1.90. The largest absolute Gasteiger partial charge is 1.00 e. The molecule has 0 amide bonds. The topological polar surface area (TPSA) is 36.9 Å². The Kier molecular flexibility index (Phi) is 10.5. The number of rotatable bonds is 10. The van der Waals surface area contributed by atoms with Gasteiger partial charge in [-0.1, -0.05) is 91.0 Å². The van der Waals surface area contributed by atoms with Crippen molar-refractivity contribution in [2.75, 3.05) is 6.61 Å². The van der Waals surface area contributed by atoms with Crippen molar-refractivity contribution in [1.29, 1.82) is 0 Å². The van der Waals surface area contributed by atoms with Gasteiger partial charge in [0.25, 0.3) is 0 Å². The van der Waals surface area contributed by atoms with Crippen LogP contribution in [-0.4, -0.2) is 24.9 Å². The molecule has 162 valence electrons. The molecule has 0 spiro atoms. The molecule has 3 aromatic carbocycles. The van der Waals surface area contributed by atoms with Gasteiger partial charge in [0.15, 0.2) is 0 Å². The van der Waals surface area contributed by atoms with Crippen LogP contribution < -0.4 is 18.9 Å². The van der Waals surface area contributed by atoms with E-state index in [-0.39, 0.29) is 37.2 Å². The summed E-state index contributed by atoms with van der Waals surface area (Å²) in [6, 6.07) is 30.5. The molecule has 0 N–H and O–H groups in total. The van der Waals surface area contributed by atoms with E-state index in [1.54, 1.807) is 0 Å². The van der Waals surface area contributed by atoms with Crippen LogP contribution in [0.2, 0.25) is 0 Å². The van der Waals surface area contributed by atoms with Crippen molar-refractivity contribution in [1.82, 2.24) is 0 Å². The second-order valence-corrected chi connectivity index (χ2v) is 7.67. The quantitative estimate of drug-likeness (QED) is 0.370. The summed E-state index contributed by atoms with van der Waals surface area (Å²) in [6.45, 7) is 3.86. The fourth-order valence-electron chi connectivity index (χ4n) is 3.65. The third kappa shape index (κ3) is 7.60. The molecule has 32 heavy (non-hydrogen) atoms. The van der Waals surface area contributed by atoms with Gasteiger partial charge in [-0.3, -0.25) is 0 Å². The SMILES string of the molecule is [Li+].c1ccc(COC[C@H]2O[CH-]C[C@H](OCc3ccccc3)[C@@H]2OCc2ccccc2)cc1. The molecule has 1 fully saturated rings. The molecule has 0 radical (unpaired) electrons. The minimum atomic E-state index is -0.220. The van der Waals surface area contributed by atoms with Gasteiger partial charge in [-0.2, -0.15) is 0 Å². The summed E-state index contributed by atoms with van der Waals surface area (Å²) < 4.78 is 24.5. The smallest absolute Gasteiger partial charge is 0.546 e.